The van der Waals surface area contributed by atoms with Crippen LogP contribution in [0.1, 0.15) is 175 Å². The minimum absolute atomic E-state index is 1.14. The Labute approximate surface area is 396 Å². The van der Waals surface area contributed by atoms with Gasteiger partial charge in [-0.15, -0.1) is 0 Å². The van der Waals surface area contributed by atoms with Gasteiger partial charge in [0.05, 0.1) is 0 Å². The molecular formula is C64H92. The molecule has 0 N–H and O–H groups in total. The molecule has 6 rings (SSSR count). The molecule has 0 aromatic heterocycles. The standard InChI is InChI=1S/C14H22.2C12H18.C10H14.2C8H10/c1-2-3-4-5-6-8-11-14-12-9-7-10-13-14;1-3-4-5-8-12-9-6-7-11(2)10-12;1-2-3-4-6-9-12-10-7-5-8-11-12;1-2-3-7-10-8-5-4-6-9-10;1-7-3-5-8(2)6-4-7;1-2-8-6-4-3-5-7-8/h7,9-10,12-13H,2-6,8,11H2,1H3;6-7,9-10H,3-5,8H2,1-2H3;5,7-8,10-11H,2-4,6,9H2,1H3;4-6,8-9H,2-3,7H2,1H3;3-6H,1-2H3;3-7H,2H2,1H3. The lowest BCUT2D eigenvalue weighted by molar-refractivity contribution is 0.607. The molecular weight excluding hydrogens is 769 g/mol. The highest BCUT2D eigenvalue weighted by Crippen LogP contribution is 2.11. The zero-order valence-corrected chi connectivity index (χ0v) is 42.3. The van der Waals surface area contributed by atoms with Gasteiger partial charge in [-0.05, 0) is 106 Å². The van der Waals surface area contributed by atoms with E-state index >= 15 is 0 Å². The molecule has 0 amide bonds. The van der Waals surface area contributed by atoms with Gasteiger partial charge in [-0.1, -0.05) is 292 Å². The Morgan fingerprint density at radius 2 is 0.531 bits per heavy atom. The SMILES string of the molecule is CCCCCCCCc1ccccc1.CCCCCCc1ccccc1.CCCCCc1cccc(C)c1.CCCCc1ccccc1.CCc1ccccc1.Cc1ccc(C)cc1. The molecule has 0 fully saturated rings. The predicted molar refractivity (Wildman–Crippen MR) is 289 cm³/mol. The number of rotatable bonds is 20. The molecule has 0 spiro atoms. The van der Waals surface area contributed by atoms with Crippen LogP contribution in [-0.2, 0) is 32.1 Å². The number of hydrogen-bond acceptors (Lipinski definition) is 0. The van der Waals surface area contributed by atoms with Gasteiger partial charge in [0, 0.05) is 0 Å². The molecule has 0 saturated carbocycles. The Morgan fingerprint density at radius 1 is 0.234 bits per heavy atom. The molecule has 0 heteroatoms. The molecule has 348 valence electrons. The van der Waals surface area contributed by atoms with E-state index in [4.69, 9.17) is 0 Å². The summed E-state index contributed by atoms with van der Waals surface area (Å²) in [4.78, 5) is 0. The fraction of sp³-hybridized carbons (Fsp3) is 0.438. The van der Waals surface area contributed by atoms with Gasteiger partial charge in [-0.2, -0.15) is 0 Å². The third-order valence-corrected chi connectivity index (χ3v) is 11.1. The second-order valence-electron chi connectivity index (χ2n) is 17.3. The first kappa shape index (κ1) is 57.3. The maximum atomic E-state index is 2.29. The van der Waals surface area contributed by atoms with Crippen LogP contribution in [-0.4, -0.2) is 0 Å². The maximum Gasteiger partial charge on any atom is -0.0279 e. The normalized spacial score (nSPS) is 9.88. The zero-order valence-electron chi connectivity index (χ0n) is 42.3. The second-order valence-corrected chi connectivity index (χ2v) is 17.3. The Kier molecular flexibility index (Phi) is 37.9. The number of benzene rings is 6. The van der Waals surface area contributed by atoms with Gasteiger partial charge in [-0.25, -0.2) is 0 Å². The lowest BCUT2D eigenvalue weighted by Gasteiger charge is -2.01. The summed E-state index contributed by atoms with van der Waals surface area (Å²) in [6.07, 6.45) is 26.5. The summed E-state index contributed by atoms with van der Waals surface area (Å²) in [6.45, 7) is 17.5. The van der Waals surface area contributed by atoms with Crippen LogP contribution in [0.15, 0.2) is 170 Å². The van der Waals surface area contributed by atoms with Crippen molar-refractivity contribution in [3.8, 4) is 0 Å². The van der Waals surface area contributed by atoms with Crippen LogP contribution in [0.25, 0.3) is 0 Å². The van der Waals surface area contributed by atoms with Crippen molar-refractivity contribution in [3.63, 3.8) is 0 Å². The highest BCUT2D eigenvalue weighted by atomic mass is 14.0. The first-order chi connectivity index (χ1) is 31.3. The molecule has 0 bridgehead atoms. The Bertz CT molecular complexity index is 1790. The molecule has 0 atom stereocenters. The monoisotopic (exact) mass is 861 g/mol. The summed E-state index contributed by atoms with van der Waals surface area (Å²) < 4.78 is 0. The van der Waals surface area contributed by atoms with Crippen LogP contribution in [0.5, 0.6) is 0 Å². The summed E-state index contributed by atoms with van der Waals surface area (Å²) in [5, 5.41) is 0. The van der Waals surface area contributed by atoms with E-state index in [0.717, 1.165) is 6.42 Å². The molecule has 0 unspecified atom stereocenters. The molecule has 0 nitrogen and oxygen atoms in total. The fourth-order valence-corrected chi connectivity index (χ4v) is 6.98. The minimum Gasteiger partial charge on any atom is -0.0654 e. The van der Waals surface area contributed by atoms with Gasteiger partial charge in [0.2, 0.25) is 0 Å². The smallest absolute Gasteiger partial charge is 0.0279 e. The lowest BCUT2D eigenvalue weighted by Crippen LogP contribution is -1.85. The molecule has 0 aliphatic rings. The molecule has 0 saturated heterocycles. The van der Waals surface area contributed by atoms with Gasteiger partial charge >= 0.3 is 0 Å². The summed E-state index contributed by atoms with van der Waals surface area (Å²) in [7, 11) is 0. The van der Waals surface area contributed by atoms with Crippen molar-refractivity contribution in [2.45, 2.75) is 184 Å². The molecule has 64 heavy (non-hydrogen) atoms. The average Bonchev–Trinajstić information content (AvgIpc) is 3.34. The molecule has 6 aromatic rings. The van der Waals surface area contributed by atoms with Crippen molar-refractivity contribution in [2.24, 2.45) is 0 Å². The quantitative estimate of drug-likeness (QED) is 0.0671. The third kappa shape index (κ3) is 34.8. The first-order valence-electron chi connectivity index (χ1n) is 25.6. The molecule has 0 aliphatic carbocycles. The summed E-state index contributed by atoms with van der Waals surface area (Å²) in [5.41, 5.74) is 11.4. The van der Waals surface area contributed by atoms with Crippen LogP contribution < -0.4 is 0 Å². The third-order valence-electron chi connectivity index (χ3n) is 11.1. The maximum absolute atomic E-state index is 2.29. The van der Waals surface area contributed by atoms with Gasteiger partial charge < -0.3 is 0 Å². The van der Waals surface area contributed by atoms with E-state index in [2.05, 4.69) is 219 Å². The van der Waals surface area contributed by atoms with Crippen LogP contribution >= 0.6 is 0 Å². The highest BCUT2D eigenvalue weighted by Gasteiger charge is 1.94. The van der Waals surface area contributed by atoms with Crippen molar-refractivity contribution >= 4 is 0 Å². The van der Waals surface area contributed by atoms with Crippen LogP contribution in [0.2, 0.25) is 0 Å². The van der Waals surface area contributed by atoms with Crippen molar-refractivity contribution in [1.82, 2.24) is 0 Å². The van der Waals surface area contributed by atoms with Crippen molar-refractivity contribution in [2.75, 3.05) is 0 Å². The molecule has 6 aromatic carbocycles. The van der Waals surface area contributed by atoms with Gasteiger partial charge in [0.25, 0.3) is 0 Å². The lowest BCUT2D eigenvalue weighted by atomic mass is 10.1. The van der Waals surface area contributed by atoms with E-state index in [0.29, 0.717) is 0 Å². The van der Waals surface area contributed by atoms with E-state index in [-0.39, 0.29) is 0 Å². The van der Waals surface area contributed by atoms with E-state index < -0.39 is 0 Å². The largest absolute Gasteiger partial charge is 0.0654 e. The van der Waals surface area contributed by atoms with Crippen LogP contribution in [0, 0.1) is 20.8 Å². The molecule has 0 aliphatic heterocycles. The minimum atomic E-state index is 1.14. The molecule has 0 radical (unpaired) electrons. The van der Waals surface area contributed by atoms with E-state index in [1.165, 1.54) is 167 Å². The van der Waals surface area contributed by atoms with E-state index in [9.17, 15) is 0 Å². The number of unbranched alkanes of at least 4 members (excludes halogenated alkanes) is 11. The summed E-state index contributed by atoms with van der Waals surface area (Å²) in [5.74, 6) is 0. The molecule has 0 heterocycles. The van der Waals surface area contributed by atoms with Crippen molar-refractivity contribution in [3.05, 3.63) is 214 Å². The average molecular weight is 861 g/mol. The predicted octanol–water partition coefficient (Wildman–Crippen LogP) is 19.7. The van der Waals surface area contributed by atoms with E-state index in [1.807, 2.05) is 6.07 Å². The summed E-state index contributed by atoms with van der Waals surface area (Å²) in [6, 6.07) is 60.0. The fourth-order valence-electron chi connectivity index (χ4n) is 6.98. The van der Waals surface area contributed by atoms with Crippen LogP contribution in [0.3, 0.4) is 0 Å². The van der Waals surface area contributed by atoms with Crippen molar-refractivity contribution < 1.29 is 0 Å². The van der Waals surface area contributed by atoms with Gasteiger partial charge in [0.1, 0.15) is 0 Å². The zero-order chi connectivity index (χ0) is 46.6. The Morgan fingerprint density at radius 3 is 0.906 bits per heavy atom. The summed E-state index contributed by atoms with van der Waals surface area (Å²) >= 11 is 0. The Hall–Kier alpha value is -4.68. The van der Waals surface area contributed by atoms with Crippen molar-refractivity contribution in [1.29, 1.82) is 0 Å². The topological polar surface area (TPSA) is 0 Å². The number of hydrogen-bond donors (Lipinski definition) is 0. The van der Waals surface area contributed by atoms with Crippen LogP contribution in [0.4, 0.5) is 0 Å². The second kappa shape index (κ2) is 42.3. The Balaban J connectivity index is 0.000000388. The van der Waals surface area contributed by atoms with Gasteiger partial charge in [0.15, 0.2) is 0 Å². The highest BCUT2D eigenvalue weighted by molar-refractivity contribution is 5.22. The number of aryl methyl sites for hydroxylation is 8. The first-order valence-corrected chi connectivity index (χ1v) is 25.6. The van der Waals surface area contributed by atoms with Gasteiger partial charge in [-0.3, -0.25) is 0 Å². The van der Waals surface area contributed by atoms with E-state index in [1.54, 1.807) is 0 Å².